The Kier molecular flexibility index (Phi) is 2.61. The Morgan fingerprint density at radius 3 is 2.67 bits per heavy atom. The topological polar surface area (TPSA) is 40.6 Å². The molecule has 4 nitrogen and oxygen atoms in total. The van der Waals surface area contributed by atoms with Gasteiger partial charge in [0, 0.05) is 18.2 Å². The van der Waals surface area contributed by atoms with E-state index in [2.05, 4.69) is 4.90 Å². The predicted octanol–water partition coefficient (Wildman–Crippen LogP) is 0.396. The second-order valence-corrected chi connectivity index (χ2v) is 4.40. The maximum Gasteiger partial charge on any atom is 0.256 e. The van der Waals surface area contributed by atoms with Gasteiger partial charge >= 0.3 is 0 Å². The average Bonchev–Trinajstić information content (AvgIpc) is 2.41. The fourth-order valence-corrected chi connectivity index (χ4v) is 2.30. The van der Waals surface area contributed by atoms with E-state index in [-0.39, 0.29) is 17.9 Å². The minimum absolute atomic E-state index is 0.0671. The summed E-state index contributed by atoms with van der Waals surface area (Å²) in [5.41, 5.74) is 0.563. The zero-order chi connectivity index (χ0) is 11.0. The summed E-state index contributed by atoms with van der Waals surface area (Å²) in [4.78, 5) is 26.9. The van der Waals surface area contributed by atoms with Gasteiger partial charge in [-0.3, -0.25) is 14.5 Å². The van der Waals surface area contributed by atoms with Crippen molar-refractivity contribution in [2.24, 2.45) is 0 Å². The molecular weight excluding hydrogens is 192 g/mol. The summed E-state index contributed by atoms with van der Waals surface area (Å²) in [5, 5.41) is 0. The van der Waals surface area contributed by atoms with Crippen molar-refractivity contribution < 1.29 is 9.59 Å². The molecule has 0 aromatic rings. The summed E-state index contributed by atoms with van der Waals surface area (Å²) in [6.45, 7) is 3.56. The molecule has 0 spiro atoms. The Balaban J connectivity index is 2.11. The lowest BCUT2D eigenvalue weighted by Crippen LogP contribution is -2.49. The monoisotopic (exact) mass is 208 g/mol. The molecule has 0 saturated carbocycles. The maximum atomic E-state index is 11.7. The molecular formula is C11H16N2O2. The first-order valence-electron chi connectivity index (χ1n) is 5.34. The van der Waals surface area contributed by atoms with Gasteiger partial charge in [0.05, 0.1) is 6.04 Å². The van der Waals surface area contributed by atoms with Crippen LogP contribution in [0.3, 0.4) is 0 Å². The molecule has 82 valence electrons. The van der Waals surface area contributed by atoms with Crippen LogP contribution in [0.2, 0.25) is 0 Å². The molecule has 2 aliphatic heterocycles. The molecule has 2 aliphatic rings. The molecule has 0 radical (unpaired) electrons. The first kappa shape index (κ1) is 10.4. The molecule has 4 heteroatoms. The molecule has 0 aliphatic carbocycles. The van der Waals surface area contributed by atoms with Gasteiger partial charge in [-0.1, -0.05) is 0 Å². The molecule has 2 heterocycles. The van der Waals surface area contributed by atoms with E-state index in [4.69, 9.17) is 0 Å². The summed E-state index contributed by atoms with van der Waals surface area (Å²) in [6.07, 6.45) is 3.43. The smallest absolute Gasteiger partial charge is 0.256 e. The van der Waals surface area contributed by atoms with Crippen molar-refractivity contribution in [3.8, 4) is 0 Å². The van der Waals surface area contributed by atoms with Crippen molar-refractivity contribution in [3.05, 3.63) is 11.6 Å². The Hall–Kier alpha value is -1.16. The number of likely N-dealkylation sites (N-methyl/N-ethyl adjacent to an activating group) is 1. The summed E-state index contributed by atoms with van der Waals surface area (Å²) in [6, 6.07) is 0.0671. The third-order valence-corrected chi connectivity index (χ3v) is 3.10. The lowest BCUT2D eigenvalue weighted by atomic mass is 10.0. The number of piperidine rings is 1. The van der Waals surface area contributed by atoms with E-state index in [9.17, 15) is 9.59 Å². The molecule has 0 bridgehead atoms. The summed E-state index contributed by atoms with van der Waals surface area (Å²) in [5.74, 6) is -0.252. The molecule has 2 rings (SSSR count). The van der Waals surface area contributed by atoms with Crippen LogP contribution in [0.5, 0.6) is 0 Å². The number of likely N-dealkylation sites (tertiary alicyclic amines) is 1. The first-order valence-corrected chi connectivity index (χ1v) is 5.34. The van der Waals surface area contributed by atoms with Crippen molar-refractivity contribution in [3.63, 3.8) is 0 Å². The van der Waals surface area contributed by atoms with Gasteiger partial charge in [-0.2, -0.15) is 0 Å². The van der Waals surface area contributed by atoms with Gasteiger partial charge in [-0.05, 0) is 33.4 Å². The lowest BCUT2D eigenvalue weighted by Gasteiger charge is -2.34. The van der Waals surface area contributed by atoms with E-state index in [0.717, 1.165) is 25.9 Å². The van der Waals surface area contributed by atoms with Crippen molar-refractivity contribution in [2.45, 2.75) is 25.8 Å². The van der Waals surface area contributed by atoms with E-state index in [0.29, 0.717) is 5.57 Å². The Morgan fingerprint density at radius 1 is 1.40 bits per heavy atom. The average molecular weight is 208 g/mol. The van der Waals surface area contributed by atoms with Gasteiger partial charge in [0.15, 0.2) is 0 Å². The van der Waals surface area contributed by atoms with E-state index in [1.807, 2.05) is 7.05 Å². The molecule has 0 aromatic heterocycles. The zero-order valence-corrected chi connectivity index (χ0v) is 9.19. The Labute approximate surface area is 89.5 Å². The number of imide groups is 1. The van der Waals surface area contributed by atoms with Crippen molar-refractivity contribution in [2.75, 3.05) is 20.1 Å². The number of carbonyl (C=O) groups excluding carboxylic acids is 2. The fourth-order valence-electron chi connectivity index (χ4n) is 2.30. The van der Waals surface area contributed by atoms with Crippen LogP contribution in [-0.4, -0.2) is 47.8 Å². The SMILES string of the molecule is CC1=CC(=O)N(C2CCCN(C)C2)C1=O. The van der Waals surface area contributed by atoms with Gasteiger partial charge in [0.25, 0.3) is 11.8 Å². The van der Waals surface area contributed by atoms with E-state index in [1.54, 1.807) is 6.92 Å². The number of nitrogens with zero attached hydrogens (tertiary/aromatic N) is 2. The van der Waals surface area contributed by atoms with Crippen LogP contribution in [0.4, 0.5) is 0 Å². The number of hydrogen-bond acceptors (Lipinski definition) is 3. The number of carbonyl (C=O) groups is 2. The molecule has 1 fully saturated rings. The van der Waals surface area contributed by atoms with Crippen LogP contribution in [0, 0.1) is 0 Å². The molecule has 1 unspecified atom stereocenters. The van der Waals surface area contributed by atoms with E-state index < -0.39 is 0 Å². The van der Waals surface area contributed by atoms with Crippen LogP contribution in [-0.2, 0) is 9.59 Å². The molecule has 1 saturated heterocycles. The quantitative estimate of drug-likeness (QED) is 0.585. The van der Waals surface area contributed by atoms with Crippen LogP contribution in [0.25, 0.3) is 0 Å². The highest BCUT2D eigenvalue weighted by atomic mass is 16.2. The zero-order valence-electron chi connectivity index (χ0n) is 9.19. The second kappa shape index (κ2) is 3.77. The molecule has 0 N–H and O–H groups in total. The highest BCUT2D eigenvalue weighted by Gasteiger charge is 2.35. The third-order valence-electron chi connectivity index (χ3n) is 3.10. The Bertz CT molecular complexity index is 335. The standard InChI is InChI=1S/C11H16N2O2/c1-8-6-10(14)13(11(8)15)9-4-3-5-12(2)7-9/h6,9H,3-5,7H2,1-2H3. The predicted molar refractivity (Wildman–Crippen MR) is 56.1 cm³/mol. The van der Waals surface area contributed by atoms with E-state index in [1.165, 1.54) is 11.0 Å². The minimum Gasteiger partial charge on any atom is -0.304 e. The first-order chi connectivity index (χ1) is 7.09. The highest BCUT2D eigenvalue weighted by molar-refractivity contribution is 6.16. The number of rotatable bonds is 1. The van der Waals surface area contributed by atoms with Gasteiger partial charge in [0.1, 0.15) is 0 Å². The highest BCUT2D eigenvalue weighted by Crippen LogP contribution is 2.21. The summed E-state index contributed by atoms with van der Waals surface area (Å²) >= 11 is 0. The van der Waals surface area contributed by atoms with Gasteiger partial charge in [0.2, 0.25) is 0 Å². The maximum absolute atomic E-state index is 11.7. The molecule has 2 amide bonds. The third kappa shape index (κ3) is 1.81. The van der Waals surface area contributed by atoms with Crippen LogP contribution in [0.15, 0.2) is 11.6 Å². The number of amides is 2. The van der Waals surface area contributed by atoms with Crippen LogP contribution in [0.1, 0.15) is 19.8 Å². The molecule has 0 aromatic carbocycles. The fraction of sp³-hybridized carbons (Fsp3) is 0.636. The van der Waals surface area contributed by atoms with Crippen molar-refractivity contribution >= 4 is 11.8 Å². The minimum atomic E-state index is -0.141. The lowest BCUT2D eigenvalue weighted by molar-refractivity contribution is -0.141. The summed E-state index contributed by atoms with van der Waals surface area (Å²) < 4.78 is 0. The number of hydrogen-bond donors (Lipinski definition) is 0. The second-order valence-electron chi connectivity index (χ2n) is 4.40. The Morgan fingerprint density at radius 2 is 2.13 bits per heavy atom. The van der Waals surface area contributed by atoms with Crippen molar-refractivity contribution in [1.29, 1.82) is 0 Å². The van der Waals surface area contributed by atoms with Crippen molar-refractivity contribution in [1.82, 2.24) is 9.80 Å². The largest absolute Gasteiger partial charge is 0.304 e. The normalized spacial score (nSPS) is 28.5. The van der Waals surface area contributed by atoms with Gasteiger partial charge in [-0.25, -0.2) is 0 Å². The summed E-state index contributed by atoms with van der Waals surface area (Å²) in [7, 11) is 2.03. The van der Waals surface area contributed by atoms with Gasteiger partial charge < -0.3 is 4.90 Å². The van der Waals surface area contributed by atoms with Gasteiger partial charge in [-0.15, -0.1) is 0 Å². The van der Waals surface area contributed by atoms with Crippen LogP contribution >= 0.6 is 0 Å². The van der Waals surface area contributed by atoms with Crippen LogP contribution < -0.4 is 0 Å². The molecule has 1 atom stereocenters. The van der Waals surface area contributed by atoms with E-state index >= 15 is 0 Å². The molecule has 15 heavy (non-hydrogen) atoms.